The lowest BCUT2D eigenvalue weighted by Crippen LogP contribution is -2.56. The minimum absolute atomic E-state index is 0.358. The number of hydrogen-bond acceptors (Lipinski definition) is 18. The molecule has 12 rings (SSSR count). The van der Waals surface area contributed by atoms with Gasteiger partial charge in [0.25, 0.3) is 0 Å². The maximum absolute atomic E-state index is 5.97. The number of fused-ring (bicyclic) bond motifs is 2. The summed E-state index contributed by atoms with van der Waals surface area (Å²) < 4.78 is 14.6. The number of nitrogens with two attached hydrogens (primary N) is 2. The van der Waals surface area contributed by atoms with Gasteiger partial charge in [-0.25, -0.2) is 29.9 Å². The highest BCUT2D eigenvalue weighted by molar-refractivity contribution is 5.76. The number of ether oxygens (including phenoxy) is 2. The molecular weight excluding hydrogens is 861 g/mol. The predicted molar refractivity (Wildman–Crippen MR) is 263 cm³/mol. The van der Waals surface area contributed by atoms with Gasteiger partial charge in [-0.1, -0.05) is 0 Å². The second-order valence-corrected chi connectivity index (χ2v) is 17.5. The molecule has 0 spiro atoms. The molecule has 2 aromatic carbocycles. The molecule has 4 saturated heterocycles. The maximum Gasteiger partial charge on any atom is 0.180 e. The van der Waals surface area contributed by atoms with Crippen molar-refractivity contribution in [3.8, 4) is 22.8 Å². The lowest BCUT2D eigenvalue weighted by atomic mass is 10.1. The second-order valence-electron chi connectivity index (χ2n) is 17.5. The van der Waals surface area contributed by atoms with Crippen LogP contribution < -0.4 is 31.9 Å². The molecule has 0 amide bonds. The van der Waals surface area contributed by atoms with Crippen molar-refractivity contribution in [2.45, 2.75) is 25.9 Å². The number of aryl methyl sites for hydroxylation is 2. The molecule has 0 atom stereocenters. The Hall–Kier alpha value is -7.52. The van der Waals surface area contributed by atoms with Gasteiger partial charge < -0.3 is 45.8 Å². The van der Waals surface area contributed by atoms with Gasteiger partial charge in [0.05, 0.1) is 62.8 Å². The third-order valence-corrected chi connectivity index (χ3v) is 13.2. The first kappa shape index (κ1) is 43.1. The summed E-state index contributed by atoms with van der Waals surface area (Å²) in [6, 6.07) is 18.2. The Morgan fingerprint density at radius 3 is 1.71 bits per heavy atom. The van der Waals surface area contributed by atoms with E-state index in [-0.39, 0.29) is 0 Å². The third kappa shape index (κ3) is 8.88. The van der Waals surface area contributed by atoms with Crippen LogP contribution in [0.15, 0.2) is 98.1 Å². The number of nitrogen functional groups attached to an aromatic ring is 2. The Morgan fingerprint density at radius 1 is 0.574 bits per heavy atom. The van der Waals surface area contributed by atoms with E-state index in [0.29, 0.717) is 63.8 Å². The quantitative estimate of drug-likeness (QED) is 0.146. The van der Waals surface area contributed by atoms with Crippen molar-refractivity contribution in [2.75, 3.05) is 111 Å². The minimum atomic E-state index is 0.358. The number of nitrogens with one attached hydrogen (secondary N) is 2. The Morgan fingerprint density at radius 2 is 1.15 bits per heavy atom. The summed E-state index contributed by atoms with van der Waals surface area (Å²) in [7, 11) is 0. The van der Waals surface area contributed by atoms with Crippen molar-refractivity contribution < 1.29 is 9.47 Å². The van der Waals surface area contributed by atoms with Crippen LogP contribution in [0.25, 0.3) is 34.1 Å². The van der Waals surface area contributed by atoms with Crippen molar-refractivity contribution in [1.29, 1.82) is 0 Å². The van der Waals surface area contributed by atoms with Crippen molar-refractivity contribution >= 4 is 57.3 Å². The van der Waals surface area contributed by atoms with Crippen LogP contribution in [0, 0.1) is 13.8 Å². The fraction of sp³-hybridized carbons (Fsp3) is 0.333. The van der Waals surface area contributed by atoms with Gasteiger partial charge in [-0.2, -0.15) is 0 Å². The van der Waals surface area contributed by atoms with Crippen LogP contribution in [0.4, 0.5) is 46.0 Å². The van der Waals surface area contributed by atoms with E-state index >= 15 is 0 Å². The SMILES string of the molecule is Cc1c(-c2cncc(N)n2)nc(Nc2ccc(N3CCN(C4COC4)CC3)cc2)c2nccn12.Cc1ncc(-c2cn3ccnc3c(Nc3ccc(N4CCN(C5COC5)CC4)cc3)n2)nc1N. The number of hydrogen-bond donors (Lipinski definition) is 4. The number of imidazole rings is 2. The summed E-state index contributed by atoms with van der Waals surface area (Å²) in [6.45, 7) is 15.8. The van der Waals surface area contributed by atoms with E-state index in [2.05, 4.69) is 109 Å². The van der Waals surface area contributed by atoms with Crippen LogP contribution in [-0.4, -0.2) is 149 Å². The van der Waals surface area contributed by atoms with Crippen molar-refractivity contribution in [2.24, 2.45) is 0 Å². The molecular formula is C48H54N18O2. The van der Waals surface area contributed by atoms with Crippen LogP contribution >= 0.6 is 0 Å². The summed E-state index contributed by atoms with van der Waals surface area (Å²) in [6.07, 6.45) is 14.1. The molecule has 4 aliphatic rings. The average Bonchev–Trinajstić information content (AvgIpc) is 4.03. The zero-order valence-electron chi connectivity index (χ0n) is 38.1. The Bertz CT molecular complexity index is 3030. The maximum atomic E-state index is 5.97. The number of benzene rings is 2. The molecule has 4 fully saturated rings. The molecule has 20 nitrogen and oxygen atoms in total. The topological polar surface area (TPSA) is 219 Å². The number of piperazine rings is 2. The van der Waals surface area contributed by atoms with Crippen molar-refractivity contribution in [3.63, 3.8) is 0 Å². The van der Waals surface area contributed by atoms with E-state index < -0.39 is 0 Å². The molecule has 10 heterocycles. The first-order valence-corrected chi connectivity index (χ1v) is 23.0. The number of nitrogens with zero attached hydrogens (tertiary/aromatic N) is 14. The lowest BCUT2D eigenvalue weighted by molar-refractivity contribution is -0.0660. The van der Waals surface area contributed by atoms with Gasteiger partial charge in [-0.15, -0.1) is 0 Å². The van der Waals surface area contributed by atoms with E-state index in [1.165, 1.54) is 17.6 Å². The average molecular weight is 915 g/mol. The van der Waals surface area contributed by atoms with E-state index in [1.54, 1.807) is 24.8 Å². The third-order valence-electron chi connectivity index (χ3n) is 13.2. The molecule has 348 valence electrons. The van der Waals surface area contributed by atoms with Gasteiger partial charge in [0.1, 0.15) is 34.4 Å². The summed E-state index contributed by atoms with van der Waals surface area (Å²) in [5.41, 5.74) is 21.9. The summed E-state index contributed by atoms with van der Waals surface area (Å²) in [4.78, 5) is 45.9. The lowest BCUT2D eigenvalue weighted by Gasteiger charge is -2.43. The van der Waals surface area contributed by atoms with E-state index in [1.807, 2.05) is 41.2 Å². The number of anilines is 8. The summed E-state index contributed by atoms with van der Waals surface area (Å²) >= 11 is 0. The molecule has 0 saturated carbocycles. The Kier molecular flexibility index (Phi) is 11.8. The molecule has 0 bridgehead atoms. The van der Waals surface area contributed by atoms with Gasteiger partial charge in [-0.05, 0) is 62.4 Å². The Labute approximate surface area is 393 Å². The molecule has 0 radical (unpaired) electrons. The van der Waals surface area contributed by atoms with Crippen LogP contribution in [0.1, 0.15) is 11.4 Å². The zero-order chi connectivity index (χ0) is 46.1. The molecule has 0 unspecified atom stereocenters. The highest BCUT2D eigenvalue weighted by atomic mass is 16.5. The fourth-order valence-corrected chi connectivity index (χ4v) is 9.00. The van der Waals surface area contributed by atoms with Crippen LogP contribution in [-0.2, 0) is 9.47 Å². The monoisotopic (exact) mass is 914 g/mol. The Balaban J connectivity index is 0.000000149. The smallest absolute Gasteiger partial charge is 0.180 e. The van der Waals surface area contributed by atoms with E-state index in [4.69, 9.17) is 30.9 Å². The van der Waals surface area contributed by atoms with Crippen LogP contribution in [0.2, 0.25) is 0 Å². The molecule has 8 aromatic rings. The fourth-order valence-electron chi connectivity index (χ4n) is 9.00. The molecule has 4 aliphatic heterocycles. The standard InChI is InChI=1S/2C24H27N9O/c1-16-22(20-12-26-13-21(25)29-20)30-23(24-27-6-7-33(16)24)28-17-2-4-18(5-3-17)31-8-10-32(11-9-31)19-14-34-15-19;1-16-22(25)29-20(12-27-16)21-13-33-7-6-26-24(33)23(30-21)28-17-2-4-18(5-3-17)31-8-10-32(11-9-31)19-14-34-15-19/h2*2-7,12-13,19H,8-11,14-15H2,1H3,(H2,25,29)(H,28,30). The van der Waals surface area contributed by atoms with Gasteiger partial charge in [0.15, 0.2) is 22.9 Å². The first-order valence-electron chi connectivity index (χ1n) is 23.0. The number of rotatable bonds is 10. The molecule has 68 heavy (non-hydrogen) atoms. The minimum Gasteiger partial charge on any atom is -0.382 e. The highest BCUT2D eigenvalue weighted by Gasteiger charge is 2.30. The summed E-state index contributed by atoms with van der Waals surface area (Å²) in [5.74, 6) is 2.06. The highest BCUT2D eigenvalue weighted by Crippen LogP contribution is 2.30. The van der Waals surface area contributed by atoms with Gasteiger partial charge in [0.2, 0.25) is 0 Å². The molecule has 6 aromatic heterocycles. The van der Waals surface area contributed by atoms with Gasteiger partial charge >= 0.3 is 0 Å². The van der Waals surface area contributed by atoms with Crippen LogP contribution in [0.3, 0.4) is 0 Å². The zero-order valence-corrected chi connectivity index (χ0v) is 38.1. The largest absolute Gasteiger partial charge is 0.382 e. The predicted octanol–water partition coefficient (Wildman–Crippen LogP) is 4.68. The van der Waals surface area contributed by atoms with Crippen molar-refractivity contribution in [1.82, 2.24) is 58.5 Å². The number of aromatic nitrogens is 10. The normalized spacial score (nSPS) is 17.1. The second kappa shape index (κ2) is 18.6. The van der Waals surface area contributed by atoms with Gasteiger partial charge in [0, 0.05) is 112 Å². The molecule has 0 aliphatic carbocycles. The van der Waals surface area contributed by atoms with Gasteiger partial charge in [-0.3, -0.25) is 24.2 Å². The molecule has 20 heteroatoms. The van der Waals surface area contributed by atoms with Crippen molar-refractivity contribution in [3.05, 3.63) is 109 Å². The summed E-state index contributed by atoms with van der Waals surface area (Å²) in [5, 5.41) is 6.86. The van der Waals surface area contributed by atoms with Crippen LogP contribution in [0.5, 0.6) is 0 Å². The molecule has 6 N–H and O–H groups in total. The van der Waals surface area contributed by atoms with E-state index in [9.17, 15) is 0 Å². The first-order chi connectivity index (χ1) is 33.3. The van der Waals surface area contributed by atoms with E-state index in [0.717, 1.165) is 107 Å².